The maximum atomic E-state index is 12.5. The van der Waals surface area contributed by atoms with Gasteiger partial charge >= 0.3 is 0 Å². The van der Waals surface area contributed by atoms with E-state index >= 15 is 0 Å². The van der Waals surface area contributed by atoms with Crippen molar-refractivity contribution in [2.75, 3.05) is 32.7 Å². The molecule has 0 atom stereocenters. The highest BCUT2D eigenvalue weighted by atomic mass is 127. The molecule has 1 saturated heterocycles. The number of carbonyl (C=O) groups is 1. The second-order valence-electron chi connectivity index (χ2n) is 4.66. The van der Waals surface area contributed by atoms with Crippen LogP contribution in [-0.4, -0.2) is 53.4 Å². The molecule has 2 N–H and O–H groups in total. The molecule has 108 valence electrons. The minimum atomic E-state index is 0.0886. The Labute approximate surface area is 145 Å². The summed E-state index contributed by atoms with van der Waals surface area (Å²) in [6.07, 6.45) is 0. The molecule has 1 amide bonds. The highest BCUT2D eigenvalue weighted by molar-refractivity contribution is 14.1. The lowest BCUT2D eigenvalue weighted by molar-refractivity contribution is 0.0653. The van der Waals surface area contributed by atoms with E-state index in [-0.39, 0.29) is 5.91 Å². The van der Waals surface area contributed by atoms with Crippen LogP contribution in [0.4, 0.5) is 0 Å². The Morgan fingerprint density at radius 1 is 1.35 bits per heavy atom. The quantitative estimate of drug-likeness (QED) is 0.546. The van der Waals surface area contributed by atoms with Crippen molar-refractivity contribution < 1.29 is 4.79 Å². The summed E-state index contributed by atoms with van der Waals surface area (Å²) in [5.74, 6) is 0.0886. The number of hydrogen-bond acceptors (Lipinski definition) is 3. The van der Waals surface area contributed by atoms with Crippen LogP contribution in [0.15, 0.2) is 22.7 Å². The van der Waals surface area contributed by atoms with Crippen LogP contribution >= 0.6 is 50.7 Å². The van der Waals surface area contributed by atoms with Crippen molar-refractivity contribution in [1.29, 1.82) is 0 Å². The van der Waals surface area contributed by atoms with Crippen molar-refractivity contribution in [3.05, 3.63) is 31.8 Å². The Kier molecular flexibility index (Phi) is 5.76. The highest BCUT2D eigenvalue weighted by Gasteiger charge is 2.23. The van der Waals surface area contributed by atoms with Crippen molar-refractivity contribution in [3.8, 4) is 0 Å². The van der Waals surface area contributed by atoms with Gasteiger partial charge in [0.05, 0.1) is 10.6 Å². The number of amides is 1. The van der Waals surface area contributed by atoms with E-state index in [2.05, 4.69) is 43.4 Å². The van der Waals surface area contributed by atoms with Gasteiger partial charge in [-0.05, 0) is 40.8 Å². The molecule has 1 aliphatic heterocycles. The van der Waals surface area contributed by atoms with E-state index in [4.69, 9.17) is 18.0 Å². The number of thiocarbonyl (C=S) groups is 1. The lowest BCUT2D eigenvalue weighted by atomic mass is 10.2. The topological polar surface area (TPSA) is 49.6 Å². The van der Waals surface area contributed by atoms with Crippen LogP contribution in [0.2, 0.25) is 0 Å². The number of piperazine rings is 1. The average Bonchev–Trinajstić information content (AvgIpc) is 2.41. The van der Waals surface area contributed by atoms with E-state index in [9.17, 15) is 4.79 Å². The van der Waals surface area contributed by atoms with Gasteiger partial charge in [0.1, 0.15) is 0 Å². The first-order valence-corrected chi connectivity index (χ1v) is 8.50. The summed E-state index contributed by atoms with van der Waals surface area (Å²) in [4.78, 5) is 17.1. The van der Waals surface area contributed by atoms with Gasteiger partial charge in [0.2, 0.25) is 0 Å². The minimum absolute atomic E-state index is 0.0886. The summed E-state index contributed by atoms with van der Waals surface area (Å²) in [6, 6.07) is 5.77. The van der Waals surface area contributed by atoms with Crippen molar-refractivity contribution in [2.45, 2.75) is 0 Å². The molecule has 1 aliphatic rings. The fourth-order valence-corrected chi connectivity index (χ4v) is 3.27. The standard InChI is InChI=1S/C13H15BrIN3OS/c14-9-1-2-11(15)10(7-9)13(19)18-5-3-17(4-6-18)8-12(16)20/h1-2,7H,3-6,8H2,(H2,16,20). The molecule has 1 aromatic rings. The number of nitrogens with zero attached hydrogens (tertiary/aromatic N) is 2. The predicted molar refractivity (Wildman–Crippen MR) is 96.0 cm³/mol. The van der Waals surface area contributed by atoms with Crippen LogP contribution in [0.1, 0.15) is 10.4 Å². The molecule has 1 aromatic carbocycles. The van der Waals surface area contributed by atoms with Crippen molar-refractivity contribution >= 4 is 61.6 Å². The second-order valence-corrected chi connectivity index (χ2v) is 7.26. The Bertz CT molecular complexity index is 532. The first-order chi connectivity index (χ1) is 9.47. The first-order valence-electron chi connectivity index (χ1n) is 6.22. The molecule has 0 aliphatic carbocycles. The van der Waals surface area contributed by atoms with E-state index < -0.39 is 0 Å². The number of rotatable bonds is 3. The molecule has 0 radical (unpaired) electrons. The summed E-state index contributed by atoms with van der Waals surface area (Å²) >= 11 is 10.5. The van der Waals surface area contributed by atoms with Gasteiger partial charge in [0, 0.05) is 40.8 Å². The predicted octanol–water partition coefficient (Wildman–Crippen LogP) is 2.10. The lowest BCUT2D eigenvalue weighted by Crippen LogP contribution is -2.50. The number of nitrogens with two attached hydrogens (primary N) is 1. The molecule has 0 saturated carbocycles. The van der Waals surface area contributed by atoms with Gasteiger partial charge < -0.3 is 10.6 Å². The minimum Gasteiger partial charge on any atom is -0.392 e. The number of carbonyl (C=O) groups excluding carboxylic acids is 1. The van der Waals surface area contributed by atoms with Crippen LogP contribution in [-0.2, 0) is 0 Å². The second kappa shape index (κ2) is 7.15. The smallest absolute Gasteiger partial charge is 0.255 e. The van der Waals surface area contributed by atoms with Crippen molar-refractivity contribution in [1.82, 2.24) is 9.80 Å². The summed E-state index contributed by atoms with van der Waals surface area (Å²) in [6.45, 7) is 3.68. The molecule has 0 unspecified atom stereocenters. The summed E-state index contributed by atoms with van der Waals surface area (Å²) in [5.41, 5.74) is 6.30. The number of halogens is 2. The fourth-order valence-electron chi connectivity index (χ4n) is 2.16. The van der Waals surface area contributed by atoms with E-state index in [1.54, 1.807) is 0 Å². The molecule has 0 aromatic heterocycles. The summed E-state index contributed by atoms with van der Waals surface area (Å²) in [7, 11) is 0. The molecule has 4 nitrogen and oxygen atoms in total. The van der Waals surface area contributed by atoms with Crippen LogP contribution in [0.5, 0.6) is 0 Å². The largest absolute Gasteiger partial charge is 0.392 e. The monoisotopic (exact) mass is 467 g/mol. The zero-order valence-electron chi connectivity index (χ0n) is 10.8. The van der Waals surface area contributed by atoms with Crippen LogP contribution in [0.3, 0.4) is 0 Å². The highest BCUT2D eigenvalue weighted by Crippen LogP contribution is 2.20. The Morgan fingerprint density at radius 3 is 2.60 bits per heavy atom. The lowest BCUT2D eigenvalue weighted by Gasteiger charge is -2.34. The van der Waals surface area contributed by atoms with E-state index in [1.165, 1.54) is 0 Å². The van der Waals surface area contributed by atoms with Gasteiger partial charge in [-0.2, -0.15) is 0 Å². The van der Waals surface area contributed by atoms with Crippen molar-refractivity contribution in [3.63, 3.8) is 0 Å². The maximum Gasteiger partial charge on any atom is 0.255 e. The first kappa shape index (κ1) is 16.1. The van der Waals surface area contributed by atoms with Crippen LogP contribution in [0.25, 0.3) is 0 Å². The third-order valence-corrected chi connectivity index (χ3v) is 4.76. The number of hydrogen-bond donors (Lipinski definition) is 1. The fraction of sp³-hybridized carbons (Fsp3) is 0.385. The summed E-state index contributed by atoms with van der Waals surface area (Å²) in [5, 5.41) is 0. The van der Waals surface area contributed by atoms with Gasteiger partial charge in [-0.25, -0.2) is 0 Å². The molecule has 1 heterocycles. The Hall–Kier alpha value is -0.250. The average molecular weight is 468 g/mol. The van der Waals surface area contributed by atoms with Crippen LogP contribution in [0, 0.1) is 3.57 Å². The molecule has 0 bridgehead atoms. The zero-order valence-corrected chi connectivity index (χ0v) is 15.4. The third kappa shape index (κ3) is 4.12. The zero-order chi connectivity index (χ0) is 14.7. The van der Waals surface area contributed by atoms with Gasteiger partial charge in [-0.1, -0.05) is 28.1 Å². The van der Waals surface area contributed by atoms with E-state index in [1.807, 2.05) is 23.1 Å². The molecule has 0 spiro atoms. The molecule has 7 heteroatoms. The maximum absolute atomic E-state index is 12.5. The molecular weight excluding hydrogens is 453 g/mol. The molecule has 2 rings (SSSR count). The SMILES string of the molecule is NC(=S)CN1CCN(C(=O)c2cc(Br)ccc2I)CC1. The van der Waals surface area contributed by atoms with Gasteiger partial charge in [0.25, 0.3) is 5.91 Å². The van der Waals surface area contributed by atoms with E-state index in [0.717, 1.165) is 26.7 Å². The van der Waals surface area contributed by atoms with Gasteiger partial charge in [0.15, 0.2) is 0 Å². The van der Waals surface area contributed by atoms with Gasteiger partial charge in [-0.15, -0.1) is 0 Å². The van der Waals surface area contributed by atoms with Crippen LogP contribution < -0.4 is 5.73 Å². The molecule has 1 fully saturated rings. The normalized spacial score (nSPS) is 16.2. The molecular formula is C13H15BrIN3OS. The van der Waals surface area contributed by atoms with Gasteiger partial charge in [-0.3, -0.25) is 9.69 Å². The van der Waals surface area contributed by atoms with Crippen molar-refractivity contribution in [2.24, 2.45) is 5.73 Å². The van der Waals surface area contributed by atoms with E-state index in [0.29, 0.717) is 24.6 Å². The Morgan fingerprint density at radius 2 is 2.00 bits per heavy atom. The molecule has 20 heavy (non-hydrogen) atoms. The third-order valence-electron chi connectivity index (χ3n) is 3.20. The number of benzene rings is 1. The Balaban J connectivity index is 2.01. The summed E-state index contributed by atoms with van der Waals surface area (Å²) < 4.78 is 1.90.